The van der Waals surface area contributed by atoms with Crippen molar-refractivity contribution in [3.8, 4) is 0 Å². The molecule has 0 saturated carbocycles. The normalized spacial score (nSPS) is 13.9. The molecule has 0 heterocycles. The number of halogens is 1. The zero-order valence-corrected chi connectivity index (χ0v) is 11.3. The van der Waals surface area contributed by atoms with Gasteiger partial charge in [-0.1, -0.05) is 25.4 Å². The maximum Gasteiger partial charge on any atom is 0.182 e. The molecule has 1 unspecified atom stereocenters. The van der Waals surface area contributed by atoms with E-state index in [1.165, 1.54) is 18.2 Å². The molecule has 1 aromatic rings. The van der Waals surface area contributed by atoms with Gasteiger partial charge in [-0.2, -0.15) is 0 Å². The maximum absolute atomic E-state index is 12.0. The molecule has 1 rings (SSSR count). The summed E-state index contributed by atoms with van der Waals surface area (Å²) in [6, 6.07) is 4.21. The van der Waals surface area contributed by atoms with Crippen molar-refractivity contribution < 1.29 is 13.5 Å². The Morgan fingerprint density at radius 3 is 2.47 bits per heavy atom. The quantitative estimate of drug-likeness (QED) is 0.821. The van der Waals surface area contributed by atoms with Crippen LogP contribution in [0.1, 0.15) is 13.8 Å². The highest BCUT2D eigenvalue weighted by Crippen LogP contribution is 2.24. The molecule has 4 nitrogen and oxygen atoms in total. The third-order valence-corrected chi connectivity index (χ3v) is 4.52. The number of anilines is 1. The van der Waals surface area contributed by atoms with Crippen molar-refractivity contribution in [2.45, 2.75) is 24.8 Å². The van der Waals surface area contributed by atoms with E-state index < -0.39 is 15.9 Å². The van der Waals surface area contributed by atoms with Crippen molar-refractivity contribution in [2.75, 3.05) is 11.5 Å². The van der Waals surface area contributed by atoms with Crippen molar-refractivity contribution in [3.05, 3.63) is 23.2 Å². The molecule has 0 saturated heterocycles. The van der Waals surface area contributed by atoms with Crippen molar-refractivity contribution in [1.82, 2.24) is 0 Å². The Kier molecular flexibility index (Phi) is 4.41. The Labute approximate surface area is 106 Å². The molecule has 0 aliphatic carbocycles. The molecule has 96 valence electrons. The molecular formula is C11H16ClNO3S. The summed E-state index contributed by atoms with van der Waals surface area (Å²) in [4.78, 5) is 0.0154. The molecule has 0 fully saturated rings. The van der Waals surface area contributed by atoms with E-state index in [4.69, 9.17) is 17.3 Å². The SMILES string of the molecule is CC(C)C(O)CS(=O)(=O)c1ccc(Cl)cc1N. The van der Waals surface area contributed by atoms with Gasteiger partial charge in [-0.3, -0.25) is 0 Å². The van der Waals surface area contributed by atoms with E-state index in [1.54, 1.807) is 13.8 Å². The topological polar surface area (TPSA) is 80.4 Å². The number of benzene rings is 1. The molecule has 0 amide bonds. The highest BCUT2D eigenvalue weighted by molar-refractivity contribution is 7.91. The maximum atomic E-state index is 12.0. The third kappa shape index (κ3) is 3.59. The van der Waals surface area contributed by atoms with Crippen LogP contribution in [0.15, 0.2) is 23.1 Å². The van der Waals surface area contributed by atoms with Crippen molar-refractivity contribution in [2.24, 2.45) is 5.92 Å². The number of sulfone groups is 1. The summed E-state index contributed by atoms with van der Waals surface area (Å²) in [5.41, 5.74) is 5.72. The number of aliphatic hydroxyl groups is 1. The number of aliphatic hydroxyl groups excluding tert-OH is 1. The van der Waals surface area contributed by atoms with E-state index in [0.29, 0.717) is 5.02 Å². The molecule has 1 aromatic carbocycles. The fourth-order valence-corrected chi connectivity index (χ4v) is 3.20. The number of rotatable bonds is 4. The summed E-state index contributed by atoms with van der Waals surface area (Å²) >= 11 is 5.70. The lowest BCUT2D eigenvalue weighted by Crippen LogP contribution is -2.26. The fourth-order valence-electron chi connectivity index (χ4n) is 1.31. The van der Waals surface area contributed by atoms with Gasteiger partial charge >= 0.3 is 0 Å². The van der Waals surface area contributed by atoms with Gasteiger partial charge in [0, 0.05) is 5.02 Å². The third-order valence-electron chi connectivity index (χ3n) is 2.47. The van der Waals surface area contributed by atoms with Crippen LogP contribution >= 0.6 is 11.6 Å². The van der Waals surface area contributed by atoms with Crippen LogP contribution in [0.5, 0.6) is 0 Å². The highest BCUT2D eigenvalue weighted by atomic mass is 35.5. The monoisotopic (exact) mass is 277 g/mol. The minimum Gasteiger partial charge on any atom is -0.398 e. The van der Waals surface area contributed by atoms with Crippen LogP contribution in [0.4, 0.5) is 5.69 Å². The first-order chi connectivity index (χ1) is 7.74. The first-order valence-electron chi connectivity index (χ1n) is 5.20. The van der Waals surface area contributed by atoms with E-state index >= 15 is 0 Å². The summed E-state index contributed by atoms with van der Waals surface area (Å²) in [7, 11) is -3.59. The molecule has 0 spiro atoms. The first-order valence-corrected chi connectivity index (χ1v) is 7.23. The van der Waals surface area contributed by atoms with Crippen molar-refractivity contribution >= 4 is 27.1 Å². The minimum absolute atomic E-state index is 0.0154. The van der Waals surface area contributed by atoms with E-state index in [2.05, 4.69) is 0 Å². The predicted octanol–water partition coefficient (Wildman–Crippen LogP) is 1.71. The van der Waals surface area contributed by atoms with Gasteiger partial charge in [0.1, 0.15) is 0 Å². The molecule has 3 N–H and O–H groups in total. The van der Waals surface area contributed by atoms with E-state index in [9.17, 15) is 13.5 Å². The average Bonchev–Trinajstić information content (AvgIpc) is 2.15. The zero-order chi connectivity index (χ0) is 13.2. The van der Waals surface area contributed by atoms with Crippen LogP contribution in [0.2, 0.25) is 5.02 Å². The molecule has 6 heteroatoms. The molecule has 17 heavy (non-hydrogen) atoms. The highest BCUT2D eigenvalue weighted by Gasteiger charge is 2.23. The number of nitrogens with two attached hydrogens (primary N) is 1. The first kappa shape index (κ1) is 14.3. The molecule has 0 aliphatic heterocycles. The van der Waals surface area contributed by atoms with Crippen molar-refractivity contribution in [3.63, 3.8) is 0 Å². The molecule has 1 atom stereocenters. The summed E-state index contributed by atoms with van der Waals surface area (Å²) in [6.45, 7) is 3.51. The summed E-state index contributed by atoms with van der Waals surface area (Å²) in [5, 5.41) is 10.0. The van der Waals surface area contributed by atoms with Gasteiger partial charge in [-0.15, -0.1) is 0 Å². The lowest BCUT2D eigenvalue weighted by Gasteiger charge is -2.15. The number of nitrogen functional groups attached to an aromatic ring is 1. The smallest absolute Gasteiger partial charge is 0.182 e. The summed E-state index contributed by atoms with van der Waals surface area (Å²) in [5.74, 6) is -0.463. The second kappa shape index (κ2) is 5.25. The molecule has 0 aromatic heterocycles. The van der Waals surface area contributed by atoms with Crippen LogP contribution in [0.3, 0.4) is 0 Å². The van der Waals surface area contributed by atoms with E-state index in [-0.39, 0.29) is 22.3 Å². The Morgan fingerprint density at radius 1 is 1.41 bits per heavy atom. The van der Waals surface area contributed by atoms with Gasteiger partial charge in [-0.25, -0.2) is 8.42 Å². The van der Waals surface area contributed by atoms with Crippen LogP contribution in [-0.4, -0.2) is 25.4 Å². The Bertz CT molecular complexity index is 499. The molecule has 0 bridgehead atoms. The minimum atomic E-state index is -3.59. The van der Waals surface area contributed by atoms with Crippen LogP contribution < -0.4 is 5.73 Å². The van der Waals surface area contributed by atoms with Gasteiger partial charge in [0.25, 0.3) is 0 Å². The van der Waals surface area contributed by atoms with Gasteiger partial charge in [0.05, 0.1) is 22.4 Å². The molecular weight excluding hydrogens is 262 g/mol. The summed E-state index contributed by atoms with van der Waals surface area (Å²) < 4.78 is 24.0. The predicted molar refractivity (Wildman–Crippen MR) is 68.8 cm³/mol. The second-order valence-electron chi connectivity index (χ2n) is 4.27. The standard InChI is InChI=1S/C11H16ClNO3S/c1-7(2)10(14)6-17(15,16)11-4-3-8(12)5-9(11)13/h3-5,7,10,14H,6,13H2,1-2H3. The Hall–Kier alpha value is -0.780. The molecule has 0 radical (unpaired) electrons. The van der Waals surface area contributed by atoms with Crippen LogP contribution in [0.25, 0.3) is 0 Å². The molecule has 0 aliphatic rings. The van der Waals surface area contributed by atoms with Gasteiger partial charge in [0.15, 0.2) is 9.84 Å². The van der Waals surface area contributed by atoms with Gasteiger partial charge in [-0.05, 0) is 24.1 Å². The second-order valence-corrected chi connectivity index (χ2v) is 6.71. The van der Waals surface area contributed by atoms with Crippen LogP contribution in [0, 0.1) is 5.92 Å². The lowest BCUT2D eigenvalue weighted by atomic mass is 10.1. The lowest BCUT2D eigenvalue weighted by molar-refractivity contribution is 0.147. The van der Waals surface area contributed by atoms with Gasteiger partial charge in [0.2, 0.25) is 0 Å². The fraction of sp³-hybridized carbons (Fsp3) is 0.455. The van der Waals surface area contributed by atoms with Crippen LogP contribution in [-0.2, 0) is 9.84 Å². The number of hydrogen-bond acceptors (Lipinski definition) is 4. The summed E-state index contributed by atoms with van der Waals surface area (Å²) in [6.07, 6.45) is -0.907. The number of hydrogen-bond donors (Lipinski definition) is 2. The van der Waals surface area contributed by atoms with E-state index in [1.807, 2.05) is 0 Å². The van der Waals surface area contributed by atoms with Crippen molar-refractivity contribution in [1.29, 1.82) is 0 Å². The Balaban J connectivity index is 3.06. The average molecular weight is 278 g/mol. The largest absolute Gasteiger partial charge is 0.398 e. The Morgan fingerprint density at radius 2 is 2.00 bits per heavy atom. The van der Waals surface area contributed by atoms with E-state index in [0.717, 1.165) is 0 Å². The zero-order valence-electron chi connectivity index (χ0n) is 9.72. The van der Waals surface area contributed by atoms with Gasteiger partial charge < -0.3 is 10.8 Å².